The van der Waals surface area contributed by atoms with E-state index in [0.29, 0.717) is 4.75 Å². The SMILES string of the molecule is CN=C(NCCCCOCCc1ccccc1)N1CCSC(C)(C)C1. The third-order valence-electron chi connectivity index (χ3n) is 4.31. The van der Waals surface area contributed by atoms with Crippen molar-refractivity contribution < 1.29 is 4.74 Å². The van der Waals surface area contributed by atoms with Gasteiger partial charge < -0.3 is 15.0 Å². The first kappa shape index (κ1) is 20.1. The van der Waals surface area contributed by atoms with Gasteiger partial charge in [-0.2, -0.15) is 11.8 Å². The van der Waals surface area contributed by atoms with Crippen molar-refractivity contribution in [3.63, 3.8) is 0 Å². The molecule has 0 aromatic heterocycles. The number of aliphatic imine (C=N–C) groups is 1. The highest BCUT2D eigenvalue weighted by Gasteiger charge is 2.28. The fraction of sp³-hybridized carbons (Fsp3) is 0.650. The Hall–Kier alpha value is -1.20. The predicted octanol–water partition coefficient (Wildman–Crippen LogP) is 3.43. The molecular weight excluding hydrogens is 330 g/mol. The van der Waals surface area contributed by atoms with Gasteiger partial charge in [0.15, 0.2) is 5.96 Å². The van der Waals surface area contributed by atoms with E-state index in [1.54, 1.807) is 0 Å². The van der Waals surface area contributed by atoms with E-state index in [4.69, 9.17) is 4.74 Å². The molecule has 0 radical (unpaired) electrons. The number of benzene rings is 1. The Morgan fingerprint density at radius 1 is 1.24 bits per heavy atom. The monoisotopic (exact) mass is 363 g/mol. The molecule has 1 heterocycles. The Morgan fingerprint density at radius 3 is 2.76 bits per heavy atom. The maximum Gasteiger partial charge on any atom is 0.193 e. The summed E-state index contributed by atoms with van der Waals surface area (Å²) in [7, 11) is 1.88. The molecule has 1 aromatic carbocycles. The average Bonchev–Trinajstić information content (AvgIpc) is 2.60. The predicted molar refractivity (Wildman–Crippen MR) is 110 cm³/mol. The lowest BCUT2D eigenvalue weighted by molar-refractivity contribution is 0.133. The van der Waals surface area contributed by atoms with Crippen LogP contribution in [0.3, 0.4) is 0 Å². The van der Waals surface area contributed by atoms with E-state index in [9.17, 15) is 0 Å². The first-order valence-electron chi connectivity index (χ1n) is 9.32. The number of nitrogens with zero attached hydrogens (tertiary/aromatic N) is 2. The van der Waals surface area contributed by atoms with Crippen molar-refractivity contribution in [2.75, 3.05) is 45.6 Å². The van der Waals surface area contributed by atoms with E-state index in [1.807, 2.05) is 18.8 Å². The van der Waals surface area contributed by atoms with Crippen molar-refractivity contribution in [2.24, 2.45) is 4.99 Å². The normalized spacial score (nSPS) is 17.6. The van der Waals surface area contributed by atoms with Crippen molar-refractivity contribution in [3.8, 4) is 0 Å². The average molecular weight is 364 g/mol. The summed E-state index contributed by atoms with van der Waals surface area (Å²) < 4.78 is 6.05. The molecule has 0 unspecified atom stereocenters. The molecule has 2 rings (SSSR count). The molecular formula is C20H33N3OS. The second-order valence-corrected chi connectivity index (χ2v) is 8.86. The van der Waals surface area contributed by atoms with E-state index in [1.165, 1.54) is 11.3 Å². The summed E-state index contributed by atoms with van der Waals surface area (Å²) in [6.07, 6.45) is 3.19. The van der Waals surface area contributed by atoms with E-state index in [-0.39, 0.29) is 0 Å². The Morgan fingerprint density at radius 2 is 2.04 bits per heavy atom. The lowest BCUT2D eigenvalue weighted by Crippen LogP contribution is -2.51. The van der Waals surface area contributed by atoms with Crippen molar-refractivity contribution in [1.82, 2.24) is 10.2 Å². The van der Waals surface area contributed by atoms with Gasteiger partial charge in [0.1, 0.15) is 0 Å². The van der Waals surface area contributed by atoms with Gasteiger partial charge in [0.25, 0.3) is 0 Å². The highest BCUT2D eigenvalue weighted by molar-refractivity contribution is 8.00. The Labute approximate surface area is 157 Å². The molecule has 1 aliphatic heterocycles. The minimum absolute atomic E-state index is 0.308. The number of hydrogen-bond donors (Lipinski definition) is 1. The largest absolute Gasteiger partial charge is 0.381 e. The van der Waals surface area contributed by atoms with Crippen molar-refractivity contribution >= 4 is 17.7 Å². The van der Waals surface area contributed by atoms with Crippen LogP contribution in [0.1, 0.15) is 32.3 Å². The zero-order chi connectivity index (χ0) is 18.0. The highest BCUT2D eigenvalue weighted by atomic mass is 32.2. The second kappa shape index (κ2) is 10.7. The molecule has 0 bridgehead atoms. The van der Waals surface area contributed by atoms with Crippen LogP contribution in [-0.4, -0.2) is 61.3 Å². The molecule has 140 valence electrons. The molecule has 0 atom stereocenters. The standard InChI is InChI=1S/C20H33N3OS/c1-20(2)17-23(13-16-25-20)19(21-3)22-12-7-8-14-24-15-11-18-9-5-4-6-10-18/h4-6,9-10H,7-8,11-17H2,1-3H3,(H,21,22). The number of nitrogens with one attached hydrogen (secondary N) is 1. The van der Waals surface area contributed by atoms with Crippen LogP contribution in [0.4, 0.5) is 0 Å². The van der Waals surface area contributed by atoms with E-state index in [0.717, 1.165) is 58.1 Å². The molecule has 4 nitrogen and oxygen atoms in total. The van der Waals surface area contributed by atoms with Crippen LogP contribution in [0.5, 0.6) is 0 Å². The zero-order valence-corrected chi connectivity index (χ0v) is 16.8. The second-order valence-electron chi connectivity index (χ2n) is 7.06. The number of hydrogen-bond acceptors (Lipinski definition) is 3. The van der Waals surface area contributed by atoms with Gasteiger partial charge in [-0.05, 0) is 38.7 Å². The van der Waals surface area contributed by atoms with Crippen molar-refractivity contribution in [1.29, 1.82) is 0 Å². The van der Waals surface area contributed by atoms with Crippen molar-refractivity contribution in [3.05, 3.63) is 35.9 Å². The van der Waals surface area contributed by atoms with E-state index < -0.39 is 0 Å². The summed E-state index contributed by atoms with van der Waals surface area (Å²) in [5, 5.41) is 3.50. The molecule has 0 spiro atoms. The summed E-state index contributed by atoms with van der Waals surface area (Å²) in [6.45, 7) is 9.35. The number of thioether (sulfide) groups is 1. The Balaban J connectivity index is 1.53. The summed E-state index contributed by atoms with van der Waals surface area (Å²) in [4.78, 5) is 6.83. The van der Waals surface area contributed by atoms with Gasteiger partial charge in [0.2, 0.25) is 0 Å². The molecule has 25 heavy (non-hydrogen) atoms. The van der Waals surface area contributed by atoms with Crippen LogP contribution in [0.15, 0.2) is 35.3 Å². The molecule has 0 amide bonds. The topological polar surface area (TPSA) is 36.9 Å². The molecule has 1 fully saturated rings. The van der Waals surface area contributed by atoms with Gasteiger partial charge in [-0.1, -0.05) is 30.3 Å². The first-order chi connectivity index (χ1) is 12.1. The maximum absolute atomic E-state index is 5.74. The van der Waals surface area contributed by atoms with Crippen LogP contribution in [0.25, 0.3) is 0 Å². The number of guanidine groups is 1. The lowest BCUT2D eigenvalue weighted by Gasteiger charge is -2.39. The summed E-state index contributed by atoms with van der Waals surface area (Å²) in [5.41, 5.74) is 1.34. The molecule has 1 saturated heterocycles. The minimum atomic E-state index is 0.308. The molecule has 0 saturated carbocycles. The Bertz CT molecular complexity index is 519. The van der Waals surface area contributed by atoms with Crippen LogP contribution in [0.2, 0.25) is 0 Å². The first-order valence-corrected chi connectivity index (χ1v) is 10.3. The van der Waals surface area contributed by atoms with Crippen molar-refractivity contribution in [2.45, 2.75) is 37.9 Å². The zero-order valence-electron chi connectivity index (χ0n) is 16.0. The quantitative estimate of drug-likeness (QED) is 0.436. The fourth-order valence-electron chi connectivity index (χ4n) is 3.00. The summed E-state index contributed by atoms with van der Waals surface area (Å²) >= 11 is 2.05. The Kier molecular flexibility index (Phi) is 8.62. The number of ether oxygens (including phenoxy) is 1. The smallest absolute Gasteiger partial charge is 0.193 e. The van der Waals surface area contributed by atoms with Crippen LogP contribution >= 0.6 is 11.8 Å². The van der Waals surface area contributed by atoms with Gasteiger partial charge in [-0.3, -0.25) is 4.99 Å². The summed E-state index contributed by atoms with van der Waals surface area (Å²) in [6, 6.07) is 10.5. The summed E-state index contributed by atoms with van der Waals surface area (Å²) in [5.74, 6) is 2.21. The maximum atomic E-state index is 5.74. The fourth-order valence-corrected chi connectivity index (χ4v) is 4.11. The van der Waals surface area contributed by atoms with Crippen LogP contribution in [-0.2, 0) is 11.2 Å². The van der Waals surface area contributed by atoms with Crippen LogP contribution < -0.4 is 5.32 Å². The number of rotatable bonds is 8. The van der Waals surface area contributed by atoms with Crippen LogP contribution in [0, 0.1) is 0 Å². The van der Waals surface area contributed by atoms with Gasteiger partial charge in [-0.25, -0.2) is 0 Å². The molecule has 1 aromatic rings. The molecule has 1 N–H and O–H groups in total. The third kappa shape index (κ3) is 7.70. The molecule has 1 aliphatic rings. The lowest BCUT2D eigenvalue weighted by atomic mass is 10.2. The minimum Gasteiger partial charge on any atom is -0.381 e. The molecule has 5 heteroatoms. The van der Waals surface area contributed by atoms with E-state index >= 15 is 0 Å². The number of unbranched alkanes of at least 4 members (excludes halogenated alkanes) is 1. The van der Waals surface area contributed by atoms with Gasteiger partial charge >= 0.3 is 0 Å². The molecule has 0 aliphatic carbocycles. The van der Waals surface area contributed by atoms with Gasteiger partial charge in [0.05, 0.1) is 6.61 Å². The van der Waals surface area contributed by atoms with Gasteiger partial charge in [-0.15, -0.1) is 0 Å². The van der Waals surface area contributed by atoms with E-state index in [2.05, 4.69) is 59.4 Å². The van der Waals surface area contributed by atoms with Gasteiger partial charge in [0, 0.05) is 43.8 Å². The third-order valence-corrected chi connectivity index (χ3v) is 5.61. The highest BCUT2D eigenvalue weighted by Crippen LogP contribution is 2.29.